The van der Waals surface area contributed by atoms with Gasteiger partial charge in [-0.2, -0.15) is 18.3 Å². The number of carbonyl (C=O) groups is 1. The van der Waals surface area contributed by atoms with E-state index >= 15 is 0 Å². The van der Waals surface area contributed by atoms with E-state index in [2.05, 4.69) is 15.4 Å². The molecule has 1 N–H and O–H groups in total. The van der Waals surface area contributed by atoms with E-state index in [-0.39, 0.29) is 11.2 Å². The van der Waals surface area contributed by atoms with Crippen molar-refractivity contribution in [3.63, 3.8) is 0 Å². The molecule has 0 fully saturated rings. The van der Waals surface area contributed by atoms with E-state index in [1.807, 2.05) is 0 Å². The molecule has 0 saturated heterocycles. The molecule has 0 aliphatic heterocycles. The van der Waals surface area contributed by atoms with Crippen LogP contribution in [0.4, 0.5) is 18.9 Å². The second kappa shape index (κ2) is 9.37. The van der Waals surface area contributed by atoms with Crippen LogP contribution in [-0.2, 0) is 17.5 Å². The van der Waals surface area contributed by atoms with Crippen LogP contribution in [0.15, 0.2) is 47.3 Å². The normalized spacial score (nSPS) is 11.5. The Hall–Kier alpha value is -3.93. The minimum absolute atomic E-state index is 0.154. The zero-order valence-electron chi connectivity index (χ0n) is 18.8. The standard InChI is InChI=1S/C23H19F3N4O4S/c1-12-27-20-21(35-12)19(13-4-9-16(33-2)17(10-13)34-3)29-30(22(20)32)11-18(31)28-15-7-5-14(6-8-15)23(24,25)26/h4-10H,11H2,1-3H3,(H,28,31). The summed E-state index contributed by atoms with van der Waals surface area (Å²) in [4.78, 5) is 29.9. The van der Waals surface area contributed by atoms with Crippen LogP contribution in [0.1, 0.15) is 10.6 Å². The summed E-state index contributed by atoms with van der Waals surface area (Å²) >= 11 is 1.29. The van der Waals surface area contributed by atoms with Crippen LogP contribution in [-0.4, -0.2) is 34.9 Å². The molecule has 0 aliphatic rings. The highest BCUT2D eigenvalue weighted by Crippen LogP contribution is 2.35. The van der Waals surface area contributed by atoms with Gasteiger partial charge in [-0.05, 0) is 49.4 Å². The van der Waals surface area contributed by atoms with Crippen molar-refractivity contribution in [1.82, 2.24) is 14.8 Å². The molecule has 4 rings (SSSR count). The number of hydrogen-bond acceptors (Lipinski definition) is 7. The van der Waals surface area contributed by atoms with Crippen molar-refractivity contribution in [2.24, 2.45) is 0 Å². The first-order valence-electron chi connectivity index (χ1n) is 10.2. The largest absolute Gasteiger partial charge is 0.493 e. The van der Waals surface area contributed by atoms with Crippen LogP contribution >= 0.6 is 11.3 Å². The average molecular weight is 504 g/mol. The summed E-state index contributed by atoms with van der Waals surface area (Å²) in [6.45, 7) is 1.29. The Morgan fingerprint density at radius 3 is 2.40 bits per heavy atom. The molecule has 182 valence electrons. The molecule has 12 heteroatoms. The maximum absolute atomic E-state index is 13.0. The van der Waals surface area contributed by atoms with Gasteiger partial charge in [0.2, 0.25) is 5.91 Å². The van der Waals surface area contributed by atoms with Gasteiger partial charge >= 0.3 is 6.18 Å². The third-order valence-electron chi connectivity index (χ3n) is 5.05. The summed E-state index contributed by atoms with van der Waals surface area (Å²) < 4.78 is 50.4. The van der Waals surface area contributed by atoms with Gasteiger partial charge in [0, 0.05) is 11.3 Å². The van der Waals surface area contributed by atoms with Crippen molar-refractivity contribution in [1.29, 1.82) is 0 Å². The number of aromatic nitrogens is 3. The molecule has 0 aliphatic carbocycles. The van der Waals surface area contributed by atoms with Crippen LogP contribution in [0.25, 0.3) is 21.5 Å². The van der Waals surface area contributed by atoms with Gasteiger partial charge in [-0.25, -0.2) is 9.67 Å². The van der Waals surface area contributed by atoms with E-state index in [1.165, 1.54) is 25.6 Å². The van der Waals surface area contributed by atoms with Gasteiger partial charge in [0.15, 0.2) is 17.0 Å². The lowest BCUT2D eigenvalue weighted by Crippen LogP contribution is -2.30. The van der Waals surface area contributed by atoms with Gasteiger partial charge in [0.1, 0.15) is 12.2 Å². The fourth-order valence-electron chi connectivity index (χ4n) is 3.42. The average Bonchev–Trinajstić information content (AvgIpc) is 3.22. The molecule has 0 atom stereocenters. The number of fused-ring (bicyclic) bond motifs is 1. The number of hydrogen-bond donors (Lipinski definition) is 1. The van der Waals surface area contributed by atoms with E-state index in [1.54, 1.807) is 25.1 Å². The number of aryl methyl sites for hydroxylation is 1. The topological polar surface area (TPSA) is 95.3 Å². The number of ether oxygens (including phenoxy) is 2. The molecule has 0 unspecified atom stereocenters. The van der Waals surface area contributed by atoms with Crippen molar-refractivity contribution in [2.75, 3.05) is 19.5 Å². The number of methoxy groups -OCH3 is 2. The van der Waals surface area contributed by atoms with Gasteiger partial charge in [-0.15, -0.1) is 11.3 Å². The van der Waals surface area contributed by atoms with Crippen LogP contribution in [0, 0.1) is 6.92 Å². The molecule has 4 aromatic rings. The maximum atomic E-state index is 13.0. The molecule has 2 heterocycles. The van der Waals surface area contributed by atoms with Gasteiger partial charge in [-0.3, -0.25) is 9.59 Å². The maximum Gasteiger partial charge on any atom is 0.416 e. The predicted molar refractivity (Wildman–Crippen MR) is 125 cm³/mol. The number of amides is 1. The van der Waals surface area contributed by atoms with Crippen molar-refractivity contribution in [2.45, 2.75) is 19.6 Å². The number of carbonyl (C=O) groups excluding carboxylic acids is 1. The molecule has 2 aromatic heterocycles. The molecule has 0 spiro atoms. The molecule has 0 bridgehead atoms. The van der Waals surface area contributed by atoms with Gasteiger partial charge < -0.3 is 14.8 Å². The molecule has 8 nitrogen and oxygen atoms in total. The van der Waals surface area contributed by atoms with E-state index in [0.29, 0.717) is 32.5 Å². The number of rotatable bonds is 6. The third-order valence-corrected chi connectivity index (χ3v) is 6.03. The number of alkyl halides is 3. The number of nitrogens with zero attached hydrogens (tertiary/aromatic N) is 3. The Kier molecular flexibility index (Phi) is 6.48. The second-order valence-corrected chi connectivity index (χ2v) is 8.62. The Labute approximate surface area is 200 Å². The summed E-state index contributed by atoms with van der Waals surface area (Å²) in [6, 6.07) is 9.14. The van der Waals surface area contributed by atoms with Crippen LogP contribution in [0.2, 0.25) is 0 Å². The van der Waals surface area contributed by atoms with E-state index in [4.69, 9.17) is 9.47 Å². The lowest BCUT2D eigenvalue weighted by atomic mass is 10.1. The van der Waals surface area contributed by atoms with Crippen molar-refractivity contribution in [3.8, 4) is 22.8 Å². The number of thiazole rings is 1. The van der Waals surface area contributed by atoms with Gasteiger partial charge in [0.05, 0.1) is 29.5 Å². The Morgan fingerprint density at radius 1 is 1.09 bits per heavy atom. The number of halogens is 3. The lowest BCUT2D eigenvalue weighted by molar-refractivity contribution is -0.137. The number of benzene rings is 2. The molecule has 0 radical (unpaired) electrons. The predicted octanol–water partition coefficient (Wildman–Crippen LogP) is 4.50. The zero-order valence-corrected chi connectivity index (χ0v) is 19.6. The van der Waals surface area contributed by atoms with Crippen LogP contribution < -0.4 is 20.3 Å². The number of nitrogens with one attached hydrogen (secondary N) is 1. The summed E-state index contributed by atoms with van der Waals surface area (Å²) in [7, 11) is 3.00. The fraction of sp³-hybridized carbons (Fsp3) is 0.217. The molecular formula is C23H19F3N4O4S. The van der Waals surface area contributed by atoms with E-state index < -0.39 is 29.8 Å². The summed E-state index contributed by atoms with van der Waals surface area (Å²) in [5.74, 6) is 0.333. The molecule has 1 amide bonds. The number of anilines is 1. The first-order valence-corrected chi connectivity index (χ1v) is 11.0. The quantitative estimate of drug-likeness (QED) is 0.415. The van der Waals surface area contributed by atoms with Crippen molar-refractivity contribution < 1.29 is 27.4 Å². The fourth-order valence-corrected chi connectivity index (χ4v) is 4.34. The molecular weight excluding hydrogens is 485 g/mol. The van der Waals surface area contributed by atoms with Crippen LogP contribution in [0.5, 0.6) is 11.5 Å². The first kappa shape index (κ1) is 24.2. The first-order chi connectivity index (χ1) is 16.6. The van der Waals surface area contributed by atoms with Crippen molar-refractivity contribution in [3.05, 3.63) is 63.4 Å². The van der Waals surface area contributed by atoms with Crippen molar-refractivity contribution >= 4 is 33.1 Å². The van der Waals surface area contributed by atoms with Gasteiger partial charge in [-0.1, -0.05) is 0 Å². The highest BCUT2D eigenvalue weighted by atomic mass is 32.1. The summed E-state index contributed by atoms with van der Waals surface area (Å²) in [5.41, 5.74) is -0.0357. The SMILES string of the molecule is COc1ccc(-c2nn(CC(=O)Nc3ccc(C(F)(F)F)cc3)c(=O)c3nc(C)sc23)cc1OC. The zero-order chi connectivity index (χ0) is 25.3. The Balaban J connectivity index is 1.69. The monoisotopic (exact) mass is 504 g/mol. The summed E-state index contributed by atoms with van der Waals surface area (Å²) in [5, 5.41) is 7.54. The Bertz CT molecular complexity index is 1460. The molecule has 35 heavy (non-hydrogen) atoms. The molecule has 2 aromatic carbocycles. The minimum Gasteiger partial charge on any atom is -0.493 e. The van der Waals surface area contributed by atoms with Gasteiger partial charge in [0.25, 0.3) is 5.56 Å². The lowest BCUT2D eigenvalue weighted by Gasteiger charge is -2.12. The Morgan fingerprint density at radius 2 is 1.77 bits per heavy atom. The third kappa shape index (κ3) is 4.97. The summed E-state index contributed by atoms with van der Waals surface area (Å²) in [6.07, 6.45) is -4.48. The minimum atomic E-state index is -4.48. The highest BCUT2D eigenvalue weighted by Gasteiger charge is 2.30. The van der Waals surface area contributed by atoms with E-state index in [0.717, 1.165) is 28.9 Å². The second-order valence-electron chi connectivity index (χ2n) is 7.42. The van der Waals surface area contributed by atoms with E-state index in [9.17, 15) is 22.8 Å². The molecule has 0 saturated carbocycles. The smallest absolute Gasteiger partial charge is 0.416 e. The van der Waals surface area contributed by atoms with Crippen LogP contribution in [0.3, 0.4) is 0 Å². The highest BCUT2D eigenvalue weighted by molar-refractivity contribution is 7.19.